The summed E-state index contributed by atoms with van der Waals surface area (Å²) in [5, 5.41) is 3.26. The van der Waals surface area contributed by atoms with E-state index in [4.69, 9.17) is 5.73 Å². The first-order valence-corrected chi connectivity index (χ1v) is 5.86. The molecule has 0 bridgehead atoms. The summed E-state index contributed by atoms with van der Waals surface area (Å²) in [4.78, 5) is 7.25. The third-order valence-corrected chi connectivity index (χ3v) is 2.83. The number of rotatable bonds is 5. The molecule has 0 saturated heterocycles. The second-order valence-electron chi connectivity index (χ2n) is 2.82. The number of nitrogens with one attached hydrogen (secondary N) is 2. The van der Waals surface area contributed by atoms with Crippen molar-refractivity contribution in [3.05, 3.63) is 17.7 Å². The Morgan fingerprint density at radius 2 is 2.57 bits per heavy atom. The molecular weight excluding hydrogens is 216 g/mol. The summed E-state index contributed by atoms with van der Waals surface area (Å²) in [5.41, 5.74) is 7.54. The Bertz CT molecular complexity index is 297. The lowest BCUT2D eigenvalue weighted by molar-refractivity contribution is 0.982. The lowest BCUT2D eigenvalue weighted by Gasteiger charge is -2.02. The number of imidazole rings is 1. The monoisotopic (exact) mass is 230 g/mol. The Morgan fingerprint density at radius 1 is 1.79 bits per heavy atom. The largest absolute Gasteiger partial charge is 0.376 e. The van der Waals surface area contributed by atoms with Gasteiger partial charge in [0.1, 0.15) is 0 Å². The molecule has 1 aromatic rings. The van der Waals surface area contributed by atoms with E-state index in [0.717, 1.165) is 29.4 Å². The smallest absolute Gasteiger partial charge is 0.163 e. The number of aromatic nitrogens is 2. The van der Waals surface area contributed by atoms with Gasteiger partial charge in [-0.05, 0) is 19.1 Å². The van der Waals surface area contributed by atoms with Crippen LogP contribution in [-0.4, -0.2) is 27.4 Å². The Labute approximate surface area is 93.1 Å². The van der Waals surface area contributed by atoms with Crippen molar-refractivity contribution in [3.63, 3.8) is 0 Å². The van der Waals surface area contributed by atoms with E-state index in [1.807, 2.05) is 6.92 Å². The third-order valence-electron chi connectivity index (χ3n) is 1.72. The maximum absolute atomic E-state index is 5.29. The van der Waals surface area contributed by atoms with Gasteiger partial charge in [-0.3, -0.25) is 0 Å². The van der Waals surface area contributed by atoms with Crippen LogP contribution >= 0.6 is 24.0 Å². The van der Waals surface area contributed by atoms with E-state index in [2.05, 4.69) is 27.5 Å². The first-order chi connectivity index (χ1) is 6.70. The van der Waals surface area contributed by atoms with Gasteiger partial charge in [0.25, 0.3) is 0 Å². The van der Waals surface area contributed by atoms with E-state index >= 15 is 0 Å². The van der Waals surface area contributed by atoms with Crippen LogP contribution in [0.2, 0.25) is 0 Å². The van der Waals surface area contributed by atoms with E-state index < -0.39 is 0 Å². The normalized spacial score (nSPS) is 10.1. The SMILES string of the molecule is Cc1[nH]cnc1CSCCNC(N)=S. The zero-order valence-corrected chi connectivity index (χ0v) is 9.67. The first kappa shape index (κ1) is 11.3. The summed E-state index contributed by atoms with van der Waals surface area (Å²) in [7, 11) is 0. The molecule has 4 N–H and O–H groups in total. The van der Waals surface area contributed by atoms with Gasteiger partial charge in [0.05, 0.1) is 12.0 Å². The van der Waals surface area contributed by atoms with E-state index in [0.29, 0.717) is 5.11 Å². The number of nitrogens with two attached hydrogens (primary N) is 1. The fourth-order valence-electron chi connectivity index (χ4n) is 0.948. The second kappa shape index (κ2) is 5.87. The molecule has 0 fully saturated rings. The van der Waals surface area contributed by atoms with Crippen molar-refractivity contribution < 1.29 is 0 Å². The predicted octanol–water partition coefficient (Wildman–Crippen LogP) is 0.785. The van der Waals surface area contributed by atoms with Gasteiger partial charge in [-0.25, -0.2) is 4.98 Å². The van der Waals surface area contributed by atoms with Crippen LogP contribution < -0.4 is 11.1 Å². The maximum atomic E-state index is 5.29. The van der Waals surface area contributed by atoms with Crippen molar-refractivity contribution in [3.8, 4) is 0 Å². The van der Waals surface area contributed by atoms with Crippen molar-refractivity contribution in [2.75, 3.05) is 12.3 Å². The molecule has 6 heteroatoms. The van der Waals surface area contributed by atoms with E-state index in [1.165, 1.54) is 0 Å². The first-order valence-electron chi connectivity index (χ1n) is 4.30. The second-order valence-corrected chi connectivity index (χ2v) is 4.36. The highest BCUT2D eigenvalue weighted by atomic mass is 32.2. The third kappa shape index (κ3) is 3.97. The minimum atomic E-state index is 0.363. The van der Waals surface area contributed by atoms with Gasteiger partial charge >= 0.3 is 0 Å². The van der Waals surface area contributed by atoms with Crippen LogP contribution in [0.25, 0.3) is 0 Å². The van der Waals surface area contributed by atoms with Gasteiger partial charge in [0, 0.05) is 23.7 Å². The molecule has 0 spiro atoms. The minimum absolute atomic E-state index is 0.363. The Morgan fingerprint density at radius 3 is 3.14 bits per heavy atom. The van der Waals surface area contributed by atoms with Gasteiger partial charge < -0.3 is 16.0 Å². The molecule has 4 nitrogen and oxygen atoms in total. The van der Waals surface area contributed by atoms with Crippen LogP contribution in [0.4, 0.5) is 0 Å². The molecule has 0 atom stereocenters. The summed E-state index contributed by atoms with van der Waals surface area (Å²) in [6.07, 6.45) is 1.72. The minimum Gasteiger partial charge on any atom is -0.376 e. The van der Waals surface area contributed by atoms with Crippen molar-refractivity contribution in [2.45, 2.75) is 12.7 Å². The molecule has 0 aliphatic heterocycles. The van der Waals surface area contributed by atoms with Crippen LogP contribution in [0.5, 0.6) is 0 Å². The fraction of sp³-hybridized carbons (Fsp3) is 0.500. The number of nitrogens with zero attached hydrogens (tertiary/aromatic N) is 1. The topological polar surface area (TPSA) is 66.7 Å². The number of aromatic amines is 1. The van der Waals surface area contributed by atoms with Crippen LogP contribution in [0.3, 0.4) is 0 Å². The summed E-state index contributed by atoms with van der Waals surface area (Å²) in [5.74, 6) is 1.90. The number of hydrogen-bond acceptors (Lipinski definition) is 3. The fourth-order valence-corrected chi connectivity index (χ4v) is 1.93. The average molecular weight is 230 g/mol. The molecule has 0 aliphatic rings. The van der Waals surface area contributed by atoms with Crippen molar-refractivity contribution in [2.24, 2.45) is 5.73 Å². The lowest BCUT2D eigenvalue weighted by atomic mass is 10.4. The molecule has 1 aromatic heterocycles. The average Bonchev–Trinajstić information content (AvgIpc) is 2.51. The van der Waals surface area contributed by atoms with Crippen LogP contribution in [-0.2, 0) is 5.75 Å². The highest BCUT2D eigenvalue weighted by Crippen LogP contribution is 2.11. The summed E-state index contributed by atoms with van der Waals surface area (Å²) < 4.78 is 0. The Kier molecular flexibility index (Phi) is 4.75. The highest BCUT2D eigenvalue weighted by molar-refractivity contribution is 7.98. The van der Waals surface area contributed by atoms with Gasteiger partial charge in [-0.1, -0.05) is 0 Å². The van der Waals surface area contributed by atoms with Crippen LogP contribution in [0, 0.1) is 6.92 Å². The van der Waals surface area contributed by atoms with Crippen LogP contribution in [0.1, 0.15) is 11.4 Å². The molecule has 0 aromatic carbocycles. The molecule has 1 rings (SSSR count). The van der Waals surface area contributed by atoms with Crippen molar-refractivity contribution in [1.82, 2.24) is 15.3 Å². The number of H-pyrrole nitrogens is 1. The zero-order chi connectivity index (χ0) is 10.4. The Hall–Kier alpha value is -0.750. The number of aryl methyl sites for hydroxylation is 1. The lowest BCUT2D eigenvalue weighted by Crippen LogP contribution is -2.30. The number of thioether (sulfide) groups is 1. The van der Waals surface area contributed by atoms with Crippen molar-refractivity contribution >= 4 is 29.1 Å². The zero-order valence-electron chi connectivity index (χ0n) is 8.04. The van der Waals surface area contributed by atoms with E-state index in [1.54, 1.807) is 18.1 Å². The summed E-state index contributed by atoms with van der Waals surface area (Å²) in [6.45, 7) is 2.83. The molecule has 78 valence electrons. The molecule has 0 unspecified atom stereocenters. The number of hydrogen-bond donors (Lipinski definition) is 3. The van der Waals surface area contributed by atoms with E-state index in [9.17, 15) is 0 Å². The molecule has 0 aliphatic carbocycles. The van der Waals surface area contributed by atoms with Crippen molar-refractivity contribution in [1.29, 1.82) is 0 Å². The van der Waals surface area contributed by atoms with E-state index in [-0.39, 0.29) is 0 Å². The molecule has 1 heterocycles. The predicted molar refractivity (Wildman–Crippen MR) is 64.3 cm³/mol. The highest BCUT2D eigenvalue weighted by Gasteiger charge is 1.99. The maximum Gasteiger partial charge on any atom is 0.163 e. The molecule has 14 heavy (non-hydrogen) atoms. The molecular formula is C8H14N4S2. The van der Waals surface area contributed by atoms with Gasteiger partial charge in [0.15, 0.2) is 5.11 Å². The Balaban J connectivity index is 2.10. The van der Waals surface area contributed by atoms with Gasteiger partial charge in [-0.2, -0.15) is 11.8 Å². The standard InChI is InChI=1S/C8H14N4S2/c1-6-7(12-5-11-6)4-14-3-2-10-8(9)13/h5H,2-4H2,1H3,(H,11,12)(H3,9,10,13). The molecule has 0 saturated carbocycles. The summed E-state index contributed by atoms with van der Waals surface area (Å²) >= 11 is 6.49. The van der Waals surface area contributed by atoms with Crippen LogP contribution in [0.15, 0.2) is 6.33 Å². The van der Waals surface area contributed by atoms with Gasteiger partial charge in [-0.15, -0.1) is 0 Å². The molecule has 0 amide bonds. The molecule has 0 radical (unpaired) electrons. The summed E-state index contributed by atoms with van der Waals surface area (Å²) in [6, 6.07) is 0. The van der Waals surface area contributed by atoms with Gasteiger partial charge in [0.2, 0.25) is 0 Å². The quantitative estimate of drug-likeness (QED) is 0.515. The number of thiocarbonyl (C=S) groups is 1.